The van der Waals surface area contributed by atoms with Crippen LogP contribution in [0.15, 0.2) is 24.3 Å². The van der Waals surface area contributed by atoms with E-state index in [2.05, 4.69) is 4.90 Å². The lowest BCUT2D eigenvalue weighted by atomic mass is 10.1. The lowest BCUT2D eigenvalue weighted by Crippen LogP contribution is -2.39. The van der Waals surface area contributed by atoms with E-state index in [1.807, 2.05) is 6.07 Å². The monoisotopic (exact) mass is 330 g/mol. The highest BCUT2D eigenvalue weighted by molar-refractivity contribution is 7.88. The molecule has 0 unspecified atom stereocenters. The smallest absolute Gasteiger partial charge is 0.218 e. The molecular formula is C15H23ClN2O2S. The minimum atomic E-state index is -3.31. The molecule has 0 spiro atoms. The first-order valence-corrected chi connectivity index (χ1v) is 9.37. The number of rotatable bonds is 6. The zero-order valence-electron chi connectivity index (χ0n) is 12.5. The van der Waals surface area contributed by atoms with E-state index < -0.39 is 10.0 Å². The van der Waals surface area contributed by atoms with Crippen molar-refractivity contribution in [1.82, 2.24) is 9.21 Å². The van der Waals surface area contributed by atoms with Crippen LogP contribution in [0.5, 0.6) is 0 Å². The summed E-state index contributed by atoms with van der Waals surface area (Å²) in [5, 5.41) is 0.505. The maximum absolute atomic E-state index is 12.4. The van der Waals surface area contributed by atoms with Crippen LogP contribution < -0.4 is 0 Å². The number of hydrogen-bond donors (Lipinski definition) is 0. The molecule has 1 aliphatic heterocycles. The summed E-state index contributed by atoms with van der Waals surface area (Å²) in [6.45, 7) is 3.50. The number of halogens is 1. The number of sulfonamides is 1. The van der Waals surface area contributed by atoms with E-state index in [4.69, 9.17) is 11.6 Å². The average molecular weight is 331 g/mol. The van der Waals surface area contributed by atoms with Gasteiger partial charge in [-0.25, -0.2) is 12.7 Å². The molecule has 0 saturated carbocycles. The second-order valence-corrected chi connectivity index (χ2v) is 8.05. The van der Waals surface area contributed by atoms with Crippen LogP contribution in [0.25, 0.3) is 0 Å². The molecule has 0 aromatic heterocycles. The number of likely N-dealkylation sites (N-methyl/N-ethyl adjacent to an activating group) is 1. The summed E-state index contributed by atoms with van der Waals surface area (Å²) in [6, 6.07) is 7.10. The van der Waals surface area contributed by atoms with E-state index in [1.165, 1.54) is 23.6 Å². The summed E-state index contributed by atoms with van der Waals surface area (Å²) in [4.78, 5) is 2.34. The Morgan fingerprint density at radius 1 is 1.19 bits per heavy atom. The van der Waals surface area contributed by atoms with Crippen molar-refractivity contribution < 1.29 is 8.42 Å². The van der Waals surface area contributed by atoms with Crippen LogP contribution in [-0.2, 0) is 15.8 Å². The molecule has 0 atom stereocenters. The Balaban J connectivity index is 1.90. The van der Waals surface area contributed by atoms with Gasteiger partial charge in [-0.15, -0.1) is 0 Å². The fraction of sp³-hybridized carbons (Fsp3) is 0.600. The largest absolute Gasteiger partial charge is 0.302 e. The van der Waals surface area contributed by atoms with E-state index in [-0.39, 0.29) is 5.75 Å². The summed E-state index contributed by atoms with van der Waals surface area (Å²) < 4.78 is 26.2. The maximum Gasteiger partial charge on any atom is 0.218 e. The van der Waals surface area contributed by atoms with Crippen LogP contribution in [0.1, 0.15) is 24.8 Å². The molecule has 0 amide bonds. The molecule has 0 radical (unpaired) electrons. The van der Waals surface area contributed by atoms with Crippen molar-refractivity contribution >= 4 is 21.6 Å². The highest BCUT2D eigenvalue weighted by Crippen LogP contribution is 2.19. The third-order valence-corrected chi connectivity index (χ3v) is 6.13. The summed E-state index contributed by atoms with van der Waals surface area (Å²) in [5.41, 5.74) is 0.656. The third kappa shape index (κ3) is 4.95. The van der Waals surface area contributed by atoms with Crippen molar-refractivity contribution in [1.29, 1.82) is 0 Å². The van der Waals surface area contributed by atoms with E-state index >= 15 is 0 Å². The number of nitrogens with zero attached hydrogens (tertiary/aromatic N) is 2. The molecule has 2 rings (SSSR count). The molecule has 0 bridgehead atoms. The van der Waals surface area contributed by atoms with Gasteiger partial charge in [-0.1, -0.05) is 36.2 Å². The average Bonchev–Trinajstić information content (AvgIpc) is 2.48. The summed E-state index contributed by atoms with van der Waals surface area (Å²) in [7, 11) is -1.67. The predicted molar refractivity (Wildman–Crippen MR) is 87.0 cm³/mol. The van der Waals surface area contributed by atoms with Crippen LogP contribution in [0.4, 0.5) is 0 Å². The summed E-state index contributed by atoms with van der Waals surface area (Å²) >= 11 is 6.04. The number of likely N-dealkylation sites (tertiary alicyclic amines) is 1. The zero-order chi connectivity index (χ0) is 15.3. The van der Waals surface area contributed by atoms with Crippen molar-refractivity contribution in [3.8, 4) is 0 Å². The molecule has 1 aromatic rings. The van der Waals surface area contributed by atoms with Gasteiger partial charge >= 0.3 is 0 Å². The second-order valence-electron chi connectivity index (χ2n) is 5.57. The first-order valence-electron chi connectivity index (χ1n) is 7.39. The first kappa shape index (κ1) is 16.7. The molecular weight excluding hydrogens is 308 g/mol. The topological polar surface area (TPSA) is 40.6 Å². The van der Waals surface area contributed by atoms with Gasteiger partial charge < -0.3 is 4.90 Å². The molecule has 0 N–H and O–H groups in total. The van der Waals surface area contributed by atoms with E-state index in [9.17, 15) is 8.42 Å². The molecule has 6 heteroatoms. The minimum Gasteiger partial charge on any atom is -0.302 e. The second kappa shape index (κ2) is 7.58. The van der Waals surface area contributed by atoms with Crippen LogP contribution in [0.3, 0.4) is 0 Å². The lowest BCUT2D eigenvalue weighted by Gasteiger charge is -2.28. The van der Waals surface area contributed by atoms with Gasteiger partial charge in [-0.2, -0.15) is 0 Å². The van der Waals surface area contributed by atoms with Crippen molar-refractivity contribution in [2.24, 2.45) is 0 Å². The molecule has 1 saturated heterocycles. The van der Waals surface area contributed by atoms with Crippen molar-refractivity contribution in [2.45, 2.75) is 25.0 Å². The van der Waals surface area contributed by atoms with Gasteiger partial charge in [0.15, 0.2) is 0 Å². The third-order valence-electron chi connectivity index (χ3n) is 3.95. The van der Waals surface area contributed by atoms with Crippen LogP contribution in [0, 0.1) is 0 Å². The molecule has 4 nitrogen and oxygen atoms in total. The number of benzene rings is 1. The molecule has 1 aromatic carbocycles. The van der Waals surface area contributed by atoms with Crippen LogP contribution in [-0.4, -0.2) is 50.8 Å². The Kier molecular flexibility index (Phi) is 6.05. The maximum atomic E-state index is 12.4. The Hall–Kier alpha value is -0.620. The standard InChI is InChI=1S/C15H23ClN2O2S/c1-17(11-12-18-9-5-2-6-10-18)21(19,20)13-14-7-3-4-8-15(14)16/h3-4,7-8H,2,5-6,9-13H2,1H3. The summed E-state index contributed by atoms with van der Waals surface area (Å²) in [6.07, 6.45) is 3.73. The Morgan fingerprint density at radius 3 is 2.52 bits per heavy atom. The predicted octanol–water partition coefficient (Wildman–Crippen LogP) is 2.59. The normalized spacial score (nSPS) is 17.3. The van der Waals surface area contributed by atoms with Crippen molar-refractivity contribution in [3.63, 3.8) is 0 Å². The first-order chi connectivity index (χ1) is 9.99. The minimum absolute atomic E-state index is 0.0385. The van der Waals surface area contributed by atoms with Crippen LogP contribution in [0.2, 0.25) is 5.02 Å². The Morgan fingerprint density at radius 2 is 1.86 bits per heavy atom. The highest BCUT2D eigenvalue weighted by Gasteiger charge is 2.20. The van der Waals surface area contributed by atoms with Gasteiger partial charge in [0.05, 0.1) is 5.75 Å². The molecule has 1 fully saturated rings. The number of hydrogen-bond acceptors (Lipinski definition) is 3. The van der Waals surface area contributed by atoms with E-state index in [0.717, 1.165) is 19.6 Å². The lowest BCUT2D eigenvalue weighted by molar-refractivity contribution is 0.218. The summed E-state index contributed by atoms with van der Waals surface area (Å²) in [5.74, 6) is -0.0385. The van der Waals surface area contributed by atoms with Crippen molar-refractivity contribution in [3.05, 3.63) is 34.9 Å². The Bertz CT molecular complexity index is 557. The van der Waals surface area contributed by atoms with Gasteiger partial charge in [0, 0.05) is 25.2 Å². The zero-order valence-corrected chi connectivity index (χ0v) is 14.0. The van der Waals surface area contributed by atoms with Gasteiger partial charge in [0.2, 0.25) is 10.0 Å². The van der Waals surface area contributed by atoms with Gasteiger partial charge in [-0.3, -0.25) is 0 Å². The molecule has 118 valence electrons. The molecule has 21 heavy (non-hydrogen) atoms. The van der Waals surface area contributed by atoms with Gasteiger partial charge in [-0.05, 0) is 37.6 Å². The van der Waals surface area contributed by atoms with Gasteiger partial charge in [0.1, 0.15) is 0 Å². The fourth-order valence-electron chi connectivity index (χ4n) is 2.53. The quantitative estimate of drug-likeness (QED) is 0.805. The van der Waals surface area contributed by atoms with Gasteiger partial charge in [0.25, 0.3) is 0 Å². The number of piperidine rings is 1. The molecule has 0 aliphatic carbocycles. The van der Waals surface area contributed by atoms with Crippen LogP contribution >= 0.6 is 11.6 Å². The Labute approximate surface area is 132 Å². The van der Waals surface area contributed by atoms with E-state index in [0.29, 0.717) is 17.1 Å². The highest BCUT2D eigenvalue weighted by atomic mass is 35.5. The fourth-order valence-corrected chi connectivity index (χ4v) is 4.03. The molecule has 1 heterocycles. The molecule has 1 aliphatic rings. The van der Waals surface area contributed by atoms with E-state index in [1.54, 1.807) is 25.2 Å². The SMILES string of the molecule is CN(CCN1CCCCC1)S(=O)(=O)Cc1ccccc1Cl. The van der Waals surface area contributed by atoms with Crippen molar-refractivity contribution in [2.75, 3.05) is 33.2 Å².